The zero-order valence-corrected chi connectivity index (χ0v) is 20.8. The molecule has 0 fully saturated rings. The summed E-state index contributed by atoms with van der Waals surface area (Å²) in [6.45, 7) is 6.04. The summed E-state index contributed by atoms with van der Waals surface area (Å²) in [5, 5.41) is 11.0. The summed E-state index contributed by atoms with van der Waals surface area (Å²) in [5.41, 5.74) is 5.66. The highest BCUT2D eigenvalue weighted by Gasteiger charge is 2.18. The molecule has 0 aliphatic heterocycles. The van der Waals surface area contributed by atoms with Gasteiger partial charge in [-0.05, 0) is 73.9 Å². The van der Waals surface area contributed by atoms with Crippen LogP contribution in [0.3, 0.4) is 0 Å². The van der Waals surface area contributed by atoms with E-state index in [0.29, 0.717) is 27.7 Å². The van der Waals surface area contributed by atoms with Gasteiger partial charge in [-0.3, -0.25) is 9.20 Å². The van der Waals surface area contributed by atoms with Crippen LogP contribution in [0, 0.1) is 20.8 Å². The molecule has 6 rings (SSSR count). The average molecular weight is 495 g/mol. The first-order valence-corrected chi connectivity index (χ1v) is 12.5. The molecule has 0 aliphatic carbocycles. The van der Waals surface area contributed by atoms with Crippen LogP contribution in [-0.4, -0.2) is 19.2 Å². The molecule has 0 atom stereocenters. The average Bonchev–Trinajstić information content (AvgIpc) is 3.28. The molecule has 36 heavy (non-hydrogen) atoms. The fourth-order valence-corrected chi connectivity index (χ4v) is 5.37. The lowest BCUT2D eigenvalue weighted by atomic mass is 10.0. The number of hydrogen-bond donors (Lipinski definition) is 0. The van der Waals surface area contributed by atoms with E-state index in [-0.39, 0.29) is 11.2 Å². The molecule has 0 amide bonds. The highest BCUT2D eigenvalue weighted by atomic mass is 32.2. The standard InChI is InChI=1S/C28H22N4O3S/c1-16-8-10-20(11-9-16)31-26(34)21-6-4-5-7-23(21)32-27(31)29-30-28(32)36-15-19-14-25(33)35-24-13-18(3)17(2)12-22(19)24/h4-14H,15H2,1-3H3. The highest BCUT2D eigenvalue weighted by Crippen LogP contribution is 2.29. The fraction of sp³-hybridized carbons (Fsp3) is 0.143. The smallest absolute Gasteiger partial charge is 0.336 e. The molecule has 0 N–H and O–H groups in total. The quantitative estimate of drug-likeness (QED) is 0.242. The molecular formula is C28H22N4O3S. The van der Waals surface area contributed by atoms with E-state index in [4.69, 9.17) is 4.42 Å². The molecule has 0 bridgehead atoms. The van der Waals surface area contributed by atoms with Gasteiger partial charge < -0.3 is 4.42 Å². The minimum absolute atomic E-state index is 0.150. The Hall–Kier alpha value is -4.17. The minimum atomic E-state index is -0.383. The summed E-state index contributed by atoms with van der Waals surface area (Å²) >= 11 is 1.46. The first-order chi connectivity index (χ1) is 17.4. The molecule has 3 aromatic carbocycles. The number of benzene rings is 3. The van der Waals surface area contributed by atoms with E-state index in [1.807, 2.05) is 79.8 Å². The maximum atomic E-state index is 13.5. The van der Waals surface area contributed by atoms with Gasteiger partial charge in [-0.15, -0.1) is 10.2 Å². The lowest BCUT2D eigenvalue weighted by molar-refractivity contribution is 0.559. The largest absolute Gasteiger partial charge is 0.423 e. The van der Waals surface area contributed by atoms with Gasteiger partial charge in [-0.1, -0.05) is 41.6 Å². The Bertz CT molecular complexity index is 1920. The van der Waals surface area contributed by atoms with Crippen LogP contribution >= 0.6 is 11.8 Å². The van der Waals surface area contributed by atoms with Crippen molar-refractivity contribution in [3.8, 4) is 5.69 Å². The van der Waals surface area contributed by atoms with Gasteiger partial charge in [0.05, 0.1) is 16.6 Å². The third kappa shape index (κ3) is 3.61. The van der Waals surface area contributed by atoms with Gasteiger partial charge in [-0.25, -0.2) is 9.36 Å². The maximum absolute atomic E-state index is 13.5. The number of para-hydroxylation sites is 1. The Morgan fingerprint density at radius 1 is 0.861 bits per heavy atom. The van der Waals surface area contributed by atoms with Crippen molar-refractivity contribution >= 4 is 39.4 Å². The van der Waals surface area contributed by atoms with E-state index in [0.717, 1.165) is 38.8 Å². The zero-order valence-electron chi connectivity index (χ0n) is 20.0. The van der Waals surface area contributed by atoms with Crippen molar-refractivity contribution in [2.24, 2.45) is 0 Å². The number of aryl methyl sites for hydroxylation is 3. The van der Waals surface area contributed by atoms with Crippen LogP contribution in [0.2, 0.25) is 0 Å². The molecule has 0 radical (unpaired) electrons. The predicted molar refractivity (Wildman–Crippen MR) is 142 cm³/mol. The Balaban J connectivity index is 1.52. The molecule has 0 saturated carbocycles. The first kappa shape index (κ1) is 22.3. The normalized spacial score (nSPS) is 11.6. The van der Waals surface area contributed by atoms with E-state index >= 15 is 0 Å². The third-order valence-electron chi connectivity index (χ3n) is 6.49. The summed E-state index contributed by atoms with van der Waals surface area (Å²) in [5.74, 6) is 0.928. The summed E-state index contributed by atoms with van der Waals surface area (Å²) in [6, 6.07) is 20.7. The summed E-state index contributed by atoms with van der Waals surface area (Å²) in [7, 11) is 0. The molecule has 0 aliphatic rings. The van der Waals surface area contributed by atoms with Gasteiger partial charge in [0, 0.05) is 17.2 Å². The molecule has 6 aromatic rings. The summed E-state index contributed by atoms with van der Waals surface area (Å²) < 4.78 is 8.96. The lowest BCUT2D eigenvalue weighted by Crippen LogP contribution is -2.21. The van der Waals surface area contributed by atoms with Gasteiger partial charge in [0.15, 0.2) is 5.16 Å². The van der Waals surface area contributed by atoms with Crippen molar-refractivity contribution in [2.45, 2.75) is 31.7 Å². The van der Waals surface area contributed by atoms with Gasteiger partial charge >= 0.3 is 5.63 Å². The molecule has 7 nitrogen and oxygen atoms in total. The van der Waals surface area contributed by atoms with Gasteiger partial charge in [-0.2, -0.15) is 0 Å². The van der Waals surface area contributed by atoms with Gasteiger partial charge in [0.1, 0.15) is 5.58 Å². The van der Waals surface area contributed by atoms with Crippen LogP contribution in [0.25, 0.3) is 33.3 Å². The SMILES string of the molecule is Cc1ccc(-n2c(=O)c3ccccc3n3c(SCc4cc(=O)oc5cc(C)c(C)cc45)nnc23)cc1. The van der Waals surface area contributed by atoms with Crippen LogP contribution in [0.15, 0.2) is 85.9 Å². The van der Waals surface area contributed by atoms with E-state index in [9.17, 15) is 9.59 Å². The molecule has 178 valence electrons. The summed E-state index contributed by atoms with van der Waals surface area (Å²) in [6.07, 6.45) is 0. The van der Waals surface area contributed by atoms with E-state index in [1.165, 1.54) is 17.8 Å². The van der Waals surface area contributed by atoms with Crippen LogP contribution in [-0.2, 0) is 5.75 Å². The topological polar surface area (TPSA) is 82.4 Å². The van der Waals surface area contributed by atoms with Crippen LogP contribution in [0.4, 0.5) is 0 Å². The lowest BCUT2D eigenvalue weighted by Gasteiger charge is -2.12. The van der Waals surface area contributed by atoms with Crippen molar-refractivity contribution < 1.29 is 4.42 Å². The zero-order chi connectivity index (χ0) is 25.0. The molecule has 0 spiro atoms. The van der Waals surface area contributed by atoms with E-state index < -0.39 is 0 Å². The van der Waals surface area contributed by atoms with Gasteiger partial charge in [0.25, 0.3) is 5.56 Å². The Labute approximate surface area is 210 Å². The monoisotopic (exact) mass is 494 g/mol. The number of hydrogen-bond acceptors (Lipinski definition) is 6. The number of aromatic nitrogens is 4. The minimum Gasteiger partial charge on any atom is -0.423 e. The van der Waals surface area contributed by atoms with Crippen molar-refractivity contribution in [3.63, 3.8) is 0 Å². The predicted octanol–water partition coefficient (Wildman–Crippen LogP) is 5.36. The van der Waals surface area contributed by atoms with Crippen molar-refractivity contribution in [1.82, 2.24) is 19.2 Å². The molecule has 0 saturated heterocycles. The van der Waals surface area contributed by atoms with Crippen molar-refractivity contribution in [3.05, 3.63) is 110 Å². The van der Waals surface area contributed by atoms with Gasteiger partial charge in [0.2, 0.25) is 5.78 Å². The maximum Gasteiger partial charge on any atom is 0.336 e. The molecule has 3 heterocycles. The van der Waals surface area contributed by atoms with Crippen LogP contribution < -0.4 is 11.2 Å². The second-order valence-corrected chi connectivity index (χ2v) is 9.87. The summed E-state index contributed by atoms with van der Waals surface area (Å²) in [4.78, 5) is 25.8. The molecule has 0 unspecified atom stereocenters. The Kier molecular flexibility index (Phi) is 5.26. The van der Waals surface area contributed by atoms with Crippen molar-refractivity contribution in [1.29, 1.82) is 0 Å². The third-order valence-corrected chi connectivity index (χ3v) is 7.47. The van der Waals surface area contributed by atoms with Crippen LogP contribution in [0.5, 0.6) is 0 Å². The highest BCUT2D eigenvalue weighted by molar-refractivity contribution is 7.98. The molecular weight excluding hydrogens is 472 g/mol. The number of rotatable bonds is 4. The van der Waals surface area contributed by atoms with Crippen LogP contribution in [0.1, 0.15) is 22.3 Å². The first-order valence-electron chi connectivity index (χ1n) is 11.5. The fourth-order valence-electron chi connectivity index (χ4n) is 4.44. The second-order valence-electron chi connectivity index (χ2n) is 8.92. The number of nitrogens with zero attached hydrogens (tertiary/aromatic N) is 4. The van der Waals surface area contributed by atoms with Crippen molar-refractivity contribution in [2.75, 3.05) is 0 Å². The molecule has 8 heteroatoms. The van der Waals surface area contributed by atoms with E-state index in [1.54, 1.807) is 4.57 Å². The Morgan fingerprint density at radius 2 is 1.61 bits per heavy atom. The molecule has 3 aromatic heterocycles. The number of thioether (sulfide) groups is 1. The number of fused-ring (bicyclic) bond motifs is 4. The second kappa shape index (κ2) is 8.49. The Morgan fingerprint density at radius 3 is 2.42 bits per heavy atom. The van der Waals surface area contributed by atoms with E-state index in [2.05, 4.69) is 16.3 Å².